The fraction of sp³-hybridized carbons (Fsp3) is 0.235. The maximum atomic E-state index is 11.0. The standard InChI is InChI=1S/C17H13ClN2O2S2/c1-23-17-19-14(10-4-5-24-15(10)20-17)12-7-11(12)9-3-2-8(16(21)22)6-13(9)18/h2-6,11-12H,7H2,1H3,(H,21,22). The van der Waals surface area contributed by atoms with Crippen molar-refractivity contribution in [3.63, 3.8) is 0 Å². The Morgan fingerprint density at radius 2 is 2.17 bits per heavy atom. The van der Waals surface area contributed by atoms with Gasteiger partial charge in [0.1, 0.15) is 4.83 Å². The number of thioether (sulfide) groups is 1. The van der Waals surface area contributed by atoms with Crippen LogP contribution in [0.25, 0.3) is 10.2 Å². The third kappa shape index (κ3) is 2.68. The molecule has 0 spiro atoms. The van der Waals surface area contributed by atoms with Gasteiger partial charge in [0.05, 0.1) is 11.3 Å². The molecule has 0 amide bonds. The molecule has 1 N–H and O–H groups in total. The van der Waals surface area contributed by atoms with Crippen LogP contribution >= 0.6 is 34.7 Å². The summed E-state index contributed by atoms with van der Waals surface area (Å²) in [5.74, 6) is -0.367. The molecule has 4 nitrogen and oxygen atoms in total. The second-order valence-corrected chi connectivity index (χ2v) is 7.80. The van der Waals surface area contributed by atoms with Crippen LogP contribution in [0.2, 0.25) is 5.02 Å². The van der Waals surface area contributed by atoms with Crippen molar-refractivity contribution in [1.82, 2.24) is 9.97 Å². The van der Waals surface area contributed by atoms with Crippen LogP contribution in [0.4, 0.5) is 0 Å². The average Bonchev–Trinajstić information content (AvgIpc) is 3.21. The molecule has 4 rings (SSSR count). The summed E-state index contributed by atoms with van der Waals surface area (Å²) in [5.41, 5.74) is 2.29. The van der Waals surface area contributed by atoms with Crippen LogP contribution in [-0.2, 0) is 0 Å². The van der Waals surface area contributed by atoms with E-state index in [1.807, 2.05) is 17.7 Å². The molecule has 0 saturated heterocycles. The lowest BCUT2D eigenvalue weighted by Crippen LogP contribution is -1.98. The Kier molecular flexibility index (Phi) is 3.98. The Labute approximate surface area is 151 Å². The average molecular weight is 377 g/mol. The predicted molar refractivity (Wildman–Crippen MR) is 97.7 cm³/mol. The number of thiophene rings is 1. The third-order valence-corrected chi connectivity index (χ3v) is 5.99. The van der Waals surface area contributed by atoms with Crippen LogP contribution in [0.3, 0.4) is 0 Å². The van der Waals surface area contributed by atoms with Crippen molar-refractivity contribution in [2.75, 3.05) is 6.26 Å². The lowest BCUT2D eigenvalue weighted by atomic mass is 10.0. The molecular formula is C17H13ClN2O2S2. The van der Waals surface area contributed by atoms with Gasteiger partial charge in [-0.25, -0.2) is 14.8 Å². The molecule has 2 aromatic heterocycles. The van der Waals surface area contributed by atoms with E-state index in [1.165, 1.54) is 6.07 Å². The predicted octanol–water partition coefficient (Wildman–Crippen LogP) is 5.04. The number of carboxylic acid groups (broad SMARTS) is 1. The first kappa shape index (κ1) is 15.9. The van der Waals surface area contributed by atoms with Crippen molar-refractivity contribution < 1.29 is 9.90 Å². The van der Waals surface area contributed by atoms with Crippen LogP contribution in [-0.4, -0.2) is 27.3 Å². The number of fused-ring (bicyclic) bond motifs is 1. The Bertz CT molecular complexity index is 957. The molecule has 122 valence electrons. The minimum absolute atomic E-state index is 0.216. The molecule has 0 radical (unpaired) electrons. The van der Waals surface area contributed by atoms with Crippen LogP contribution < -0.4 is 0 Å². The smallest absolute Gasteiger partial charge is 0.335 e. The van der Waals surface area contributed by atoms with Gasteiger partial charge in [-0.1, -0.05) is 29.4 Å². The Morgan fingerprint density at radius 1 is 1.33 bits per heavy atom. The number of carbonyl (C=O) groups is 1. The van der Waals surface area contributed by atoms with Crippen LogP contribution in [0.1, 0.15) is 39.9 Å². The maximum Gasteiger partial charge on any atom is 0.335 e. The normalized spacial score (nSPS) is 19.6. The van der Waals surface area contributed by atoms with E-state index in [0.29, 0.717) is 10.9 Å². The molecule has 1 saturated carbocycles. The van der Waals surface area contributed by atoms with Gasteiger partial charge >= 0.3 is 5.97 Å². The molecular weight excluding hydrogens is 364 g/mol. The highest BCUT2D eigenvalue weighted by molar-refractivity contribution is 7.98. The summed E-state index contributed by atoms with van der Waals surface area (Å²) in [6.07, 6.45) is 2.95. The van der Waals surface area contributed by atoms with Crippen molar-refractivity contribution >= 4 is 50.9 Å². The lowest BCUT2D eigenvalue weighted by Gasteiger charge is -2.07. The van der Waals surface area contributed by atoms with Crippen LogP contribution in [0, 0.1) is 0 Å². The first-order valence-electron chi connectivity index (χ1n) is 7.40. The van der Waals surface area contributed by atoms with E-state index in [9.17, 15) is 4.79 Å². The number of hydrogen-bond donors (Lipinski definition) is 1. The molecule has 1 aliphatic carbocycles. The third-order valence-electron chi connectivity index (χ3n) is 4.31. The minimum Gasteiger partial charge on any atom is -0.478 e. The maximum absolute atomic E-state index is 11.0. The second-order valence-electron chi connectivity index (χ2n) is 5.73. The summed E-state index contributed by atoms with van der Waals surface area (Å²) in [5, 5.41) is 13.5. The SMILES string of the molecule is CSc1nc(C2CC2c2ccc(C(=O)O)cc2Cl)c2ccsc2n1. The molecule has 24 heavy (non-hydrogen) atoms. The zero-order valence-corrected chi connectivity index (χ0v) is 15.1. The molecule has 1 aliphatic rings. The van der Waals surface area contributed by atoms with E-state index < -0.39 is 5.97 Å². The lowest BCUT2D eigenvalue weighted by molar-refractivity contribution is 0.0697. The topological polar surface area (TPSA) is 63.1 Å². The van der Waals surface area contributed by atoms with Gasteiger partial charge in [-0.05, 0) is 47.7 Å². The largest absolute Gasteiger partial charge is 0.478 e. The molecule has 2 unspecified atom stereocenters. The molecule has 7 heteroatoms. The molecule has 3 aromatic rings. The van der Waals surface area contributed by atoms with Gasteiger partial charge in [0.25, 0.3) is 0 Å². The van der Waals surface area contributed by atoms with Crippen molar-refractivity contribution in [2.24, 2.45) is 0 Å². The van der Waals surface area contributed by atoms with E-state index >= 15 is 0 Å². The number of hydrogen-bond acceptors (Lipinski definition) is 5. The zero-order chi connectivity index (χ0) is 16.8. The van der Waals surface area contributed by atoms with Gasteiger partial charge in [0.2, 0.25) is 0 Å². The van der Waals surface area contributed by atoms with Gasteiger partial charge in [0, 0.05) is 16.3 Å². The van der Waals surface area contributed by atoms with Crippen LogP contribution in [0.15, 0.2) is 34.8 Å². The van der Waals surface area contributed by atoms with Crippen molar-refractivity contribution in [3.8, 4) is 0 Å². The number of aromatic carboxylic acids is 1. The van der Waals surface area contributed by atoms with E-state index in [1.54, 1.807) is 29.2 Å². The van der Waals surface area contributed by atoms with Crippen molar-refractivity contribution in [3.05, 3.63) is 51.5 Å². The fourth-order valence-electron chi connectivity index (χ4n) is 3.03. The number of halogens is 1. The Morgan fingerprint density at radius 3 is 2.88 bits per heavy atom. The number of rotatable bonds is 4. The van der Waals surface area contributed by atoms with Crippen molar-refractivity contribution in [1.29, 1.82) is 0 Å². The summed E-state index contributed by atoms with van der Waals surface area (Å²) in [7, 11) is 0. The van der Waals surface area contributed by atoms with Gasteiger partial charge in [-0.2, -0.15) is 0 Å². The molecule has 1 fully saturated rings. The first-order chi connectivity index (χ1) is 11.6. The molecule has 0 bridgehead atoms. The highest BCUT2D eigenvalue weighted by Gasteiger charge is 2.43. The summed E-state index contributed by atoms with van der Waals surface area (Å²) < 4.78 is 0. The minimum atomic E-state index is -0.962. The van der Waals surface area contributed by atoms with E-state index in [2.05, 4.69) is 11.1 Å². The summed E-state index contributed by atoms with van der Waals surface area (Å²) in [6, 6.07) is 7.05. The molecule has 1 aromatic carbocycles. The fourth-order valence-corrected chi connectivity index (χ4v) is 4.56. The number of benzene rings is 1. The zero-order valence-electron chi connectivity index (χ0n) is 12.7. The number of aromatic nitrogens is 2. The monoisotopic (exact) mass is 376 g/mol. The Hall–Kier alpha value is -1.63. The van der Waals surface area contributed by atoms with Crippen molar-refractivity contribution in [2.45, 2.75) is 23.4 Å². The number of nitrogens with zero attached hydrogens (tertiary/aromatic N) is 2. The first-order valence-corrected chi connectivity index (χ1v) is 9.88. The highest BCUT2D eigenvalue weighted by Crippen LogP contribution is 2.57. The molecule has 2 heterocycles. The molecule has 2 atom stereocenters. The van der Waals surface area contributed by atoms with E-state index in [-0.39, 0.29) is 11.5 Å². The van der Waals surface area contributed by atoms with Gasteiger partial charge in [-0.3, -0.25) is 0 Å². The molecule has 0 aliphatic heterocycles. The highest BCUT2D eigenvalue weighted by atomic mass is 35.5. The quantitative estimate of drug-likeness (QED) is 0.510. The van der Waals surface area contributed by atoms with Crippen LogP contribution in [0.5, 0.6) is 0 Å². The van der Waals surface area contributed by atoms with Gasteiger partial charge in [-0.15, -0.1) is 11.3 Å². The number of carboxylic acids is 1. The van der Waals surface area contributed by atoms with E-state index in [0.717, 1.165) is 33.1 Å². The summed E-state index contributed by atoms with van der Waals surface area (Å²) in [6.45, 7) is 0. The summed E-state index contributed by atoms with van der Waals surface area (Å²) in [4.78, 5) is 21.3. The van der Waals surface area contributed by atoms with E-state index in [4.69, 9.17) is 21.7 Å². The second kappa shape index (κ2) is 6.02. The summed E-state index contributed by atoms with van der Waals surface area (Å²) >= 11 is 9.49. The van der Waals surface area contributed by atoms with Gasteiger partial charge in [0.15, 0.2) is 5.16 Å². The Balaban J connectivity index is 1.70. The van der Waals surface area contributed by atoms with Gasteiger partial charge < -0.3 is 5.11 Å².